The van der Waals surface area contributed by atoms with Crippen LogP contribution in [0.5, 0.6) is 0 Å². The molecule has 2 aliphatic heterocycles. The molecule has 0 radical (unpaired) electrons. The molecule has 2 aromatic carbocycles. The molecule has 4 rings (SSSR count). The minimum Gasteiger partial charge on any atom is -0.438 e. The van der Waals surface area contributed by atoms with E-state index in [-0.39, 0.29) is 24.3 Å². The Hall–Kier alpha value is -3.88. The summed E-state index contributed by atoms with van der Waals surface area (Å²) in [6.07, 6.45) is -1.35. The van der Waals surface area contributed by atoms with Gasteiger partial charge in [-0.3, -0.25) is 19.3 Å². The molecule has 9 heteroatoms. The zero-order chi connectivity index (χ0) is 25.1. The van der Waals surface area contributed by atoms with E-state index in [1.54, 1.807) is 34.1 Å². The van der Waals surface area contributed by atoms with Crippen molar-refractivity contribution in [3.63, 3.8) is 0 Å². The molecule has 2 unspecified atom stereocenters. The summed E-state index contributed by atoms with van der Waals surface area (Å²) in [5, 5.41) is 2.71. The summed E-state index contributed by atoms with van der Waals surface area (Å²) < 4.78 is 5.75. The van der Waals surface area contributed by atoms with Crippen molar-refractivity contribution < 1.29 is 23.9 Å². The Morgan fingerprint density at radius 2 is 1.63 bits per heavy atom. The lowest BCUT2D eigenvalue weighted by atomic mass is 9.99. The summed E-state index contributed by atoms with van der Waals surface area (Å²) in [7, 11) is 0. The van der Waals surface area contributed by atoms with E-state index in [2.05, 4.69) is 5.32 Å². The zero-order valence-electron chi connectivity index (χ0n) is 20.2. The number of nitrogens with zero attached hydrogens (tertiary/aromatic N) is 3. The second-order valence-corrected chi connectivity index (χ2v) is 9.00. The van der Waals surface area contributed by atoms with Gasteiger partial charge in [0.1, 0.15) is 0 Å². The van der Waals surface area contributed by atoms with Gasteiger partial charge in [0.2, 0.25) is 17.7 Å². The normalized spacial score (nSPS) is 20.0. The number of nitrogens with one attached hydrogen (secondary N) is 1. The molecule has 2 aromatic rings. The number of hydrogen-bond donors (Lipinski definition) is 1. The SMILES string of the molecule is CC(=O)Nc1ccc(C2OC(=O)N(Cc3cccc(C)c3)C2C(=O)N2CCN(C(C)=O)CC2)cc1. The number of ether oxygens (including phenoxy) is 1. The van der Waals surface area contributed by atoms with E-state index in [0.29, 0.717) is 37.4 Å². The van der Waals surface area contributed by atoms with Gasteiger partial charge >= 0.3 is 6.09 Å². The molecule has 0 saturated carbocycles. The van der Waals surface area contributed by atoms with Crippen molar-refractivity contribution in [2.24, 2.45) is 0 Å². The van der Waals surface area contributed by atoms with Crippen LogP contribution in [-0.2, 0) is 25.7 Å². The molecule has 0 aromatic heterocycles. The van der Waals surface area contributed by atoms with Crippen molar-refractivity contribution in [2.75, 3.05) is 31.5 Å². The molecule has 0 spiro atoms. The summed E-state index contributed by atoms with van der Waals surface area (Å²) in [6.45, 7) is 6.87. The summed E-state index contributed by atoms with van der Waals surface area (Å²) in [5.74, 6) is -0.413. The molecule has 184 valence electrons. The van der Waals surface area contributed by atoms with Gasteiger partial charge in [-0.1, -0.05) is 42.0 Å². The van der Waals surface area contributed by atoms with Gasteiger partial charge in [0.25, 0.3) is 0 Å². The Kier molecular flexibility index (Phi) is 7.04. The molecule has 1 N–H and O–H groups in total. The Labute approximate surface area is 204 Å². The Morgan fingerprint density at radius 1 is 0.971 bits per heavy atom. The average Bonchev–Trinajstić information content (AvgIpc) is 3.14. The number of amides is 4. The van der Waals surface area contributed by atoms with Crippen LogP contribution < -0.4 is 5.32 Å². The van der Waals surface area contributed by atoms with E-state index < -0.39 is 18.2 Å². The van der Waals surface area contributed by atoms with E-state index in [1.807, 2.05) is 31.2 Å². The van der Waals surface area contributed by atoms with Gasteiger partial charge in [-0.25, -0.2) is 4.79 Å². The summed E-state index contributed by atoms with van der Waals surface area (Å²) >= 11 is 0. The molecule has 0 aliphatic carbocycles. The molecule has 4 amide bonds. The van der Waals surface area contributed by atoms with E-state index in [1.165, 1.54) is 18.7 Å². The van der Waals surface area contributed by atoms with Crippen LogP contribution in [0.2, 0.25) is 0 Å². The van der Waals surface area contributed by atoms with Gasteiger partial charge in [-0.05, 0) is 30.2 Å². The third-order valence-corrected chi connectivity index (χ3v) is 6.37. The maximum absolute atomic E-state index is 13.8. The quantitative estimate of drug-likeness (QED) is 0.713. The Balaban J connectivity index is 1.62. The molecular weight excluding hydrogens is 448 g/mol. The zero-order valence-corrected chi connectivity index (χ0v) is 20.2. The number of cyclic esters (lactones) is 1. The molecule has 35 heavy (non-hydrogen) atoms. The predicted molar refractivity (Wildman–Crippen MR) is 129 cm³/mol. The summed E-state index contributed by atoms with van der Waals surface area (Å²) in [6, 6.07) is 13.9. The van der Waals surface area contributed by atoms with Crippen molar-refractivity contribution in [3.05, 3.63) is 65.2 Å². The molecule has 9 nitrogen and oxygen atoms in total. The highest BCUT2D eigenvalue weighted by Gasteiger charge is 2.48. The monoisotopic (exact) mass is 478 g/mol. The highest BCUT2D eigenvalue weighted by atomic mass is 16.6. The van der Waals surface area contributed by atoms with Crippen molar-refractivity contribution in [1.82, 2.24) is 14.7 Å². The number of carbonyl (C=O) groups excluding carboxylic acids is 4. The van der Waals surface area contributed by atoms with Crippen LogP contribution in [0.1, 0.15) is 36.6 Å². The second kappa shape index (κ2) is 10.2. The summed E-state index contributed by atoms with van der Waals surface area (Å²) in [5.41, 5.74) is 3.25. The van der Waals surface area contributed by atoms with E-state index in [9.17, 15) is 19.2 Å². The van der Waals surface area contributed by atoms with E-state index in [4.69, 9.17) is 4.74 Å². The minimum absolute atomic E-state index is 0.0188. The van der Waals surface area contributed by atoms with Crippen LogP contribution in [0.4, 0.5) is 10.5 Å². The molecule has 2 heterocycles. The Morgan fingerprint density at radius 3 is 2.23 bits per heavy atom. The third kappa shape index (κ3) is 5.45. The first-order valence-electron chi connectivity index (χ1n) is 11.7. The van der Waals surface area contributed by atoms with Crippen LogP contribution in [0.25, 0.3) is 0 Å². The second-order valence-electron chi connectivity index (χ2n) is 9.00. The molecular formula is C26H30N4O5. The average molecular weight is 479 g/mol. The fourth-order valence-electron chi connectivity index (χ4n) is 4.59. The Bertz CT molecular complexity index is 1120. The molecule has 2 atom stereocenters. The lowest BCUT2D eigenvalue weighted by molar-refractivity contribution is -0.142. The van der Waals surface area contributed by atoms with Gasteiger partial charge in [0.15, 0.2) is 12.1 Å². The molecule has 2 fully saturated rings. The third-order valence-electron chi connectivity index (χ3n) is 6.37. The van der Waals surface area contributed by atoms with Crippen molar-refractivity contribution in [3.8, 4) is 0 Å². The van der Waals surface area contributed by atoms with Gasteiger partial charge in [0.05, 0.1) is 6.54 Å². The maximum Gasteiger partial charge on any atom is 0.411 e. The van der Waals surface area contributed by atoms with Gasteiger partial charge < -0.3 is 19.9 Å². The highest BCUT2D eigenvalue weighted by Crippen LogP contribution is 2.35. The smallest absolute Gasteiger partial charge is 0.411 e. The number of piperazine rings is 1. The van der Waals surface area contributed by atoms with Crippen LogP contribution >= 0.6 is 0 Å². The van der Waals surface area contributed by atoms with Crippen molar-refractivity contribution in [1.29, 1.82) is 0 Å². The topological polar surface area (TPSA) is 99.3 Å². The van der Waals surface area contributed by atoms with Crippen LogP contribution in [0, 0.1) is 6.92 Å². The lowest BCUT2D eigenvalue weighted by Crippen LogP contribution is -2.55. The number of anilines is 1. The highest BCUT2D eigenvalue weighted by molar-refractivity contribution is 5.90. The van der Waals surface area contributed by atoms with E-state index in [0.717, 1.165) is 11.1 Å². The first-order chi connectivity index (χ1) is 16.7. The van der Waals surface area contributed by atoms with E-state index >= 15 is 0 Å². The number of carbonyl (C=O) groups is 4. The standard InChI is InChI=1S/C26H30N4O5/c1-17-5-4-6-20(15-17)16-30-23(25(33)29-13-11-28(12-14-29)19(3)32)24(35-26(30)34)21-7-9-22(10-8-21)27-18(2)31/h4-10,15,23-24H,11-14,16H2,1-3H3,(H,27,31). The minimum atomic E-state index is -0.849. The number of aryl methyl sites for hydroxylation is 1. The fraction of sp³-hybridized carbons (Fsp3) is 0.385. The van der Waals surface area contributed by atoms with Gasteiger partial charge in [-0.15, -0.1) is 0 Å². The van der Waals surface area contributed by atoms with Crippen molar-refractivity contribution in [2.45, 2.75) is 39.5 Å². The van der Waals surface area contributed by atoms with Crippen LogP contribution in [0.15, 0.2) is 48.5 Å². The van der Waals surface area contributed by atoms with Crippen LogP contribution in [-0.4, -0.2) is 70.7 Å². The van der Waals surface area contributed by atoms with Gasteiger partial charge in [-0.2, -0.15) is 0 Å². The largest absolute Gasteiger partial charge is 0.438 e. The van der Waals surface area contributed by atoms with Crippen LogP contribution in [0.3, 0.4) is 0 Å². The van der Waals surface area contributed by atoms with Gasteiger partial charge in [0, 0.05) is 45.7 Å². The first kappa shape index (κ1) is 24.3. The molecule has 0 bridgehead atoms. The molecule has 2 aliphatic rings. The summed E-state index contributed by atoms with van der Waals surface area (Å²) in [4.78, 5) is 54.8. The van der Waals surface area contributed by atoms with Crippen molar-refractivity contribution >= 4 is 29.5 Å². The molecule has 2 saturated heterocycles. The first-order valence-corrected chi connectivity index (χ1v) is 11.7. The lowest BCUT2D eigenvalue weighted by Gasteiger charge is -2.37. The number of benzene rings is 2. The number of hydrogen-bond acceptors (Lipinski definition) is 5. The number of rotatable bonds is 5. The fourth-order valence-corrected chi connectivity index (χ4v) is 4.59. The predicted octanol–water partition coefficient (Wildman–Crippen LogP) is 2.71. The maximum atomic E-state index is 13.8.